The molecule has 3 amide bonds. The molecule has 0 radical (unpaired) electrons. The number of rotatable bonds is 4. The van der Waals surface area contributed by atoms with Gasteiger partial charge < -0.3 is 5.32 Å². The van der Waals surface area contributed by atoms with Gasteiger partial charge >= 0.3 is 0 Å². The lowest BCUT2D eigenvalue weighted by atomic mass is 10.1. The Kier molecular flexibility index (Phi) is 4.31. The maximum atomic E-state index is 13.0. The fourth-order valence-corrected chi connectivity index (χ4v) is 2.67. The molecule has 0 fully saturated rings. The van der Waals surface area contributed by atoms with Crippen LogP contribution in [-0.4, -0.2) is 29.2 Å². The molecule has 0 aromatic heterocycles. The molecular formula is C17H12ClFN2O3. The van der Waals surface area contributed by atoms with Gasteiger partial charge in [-0.15, -0.1) is 0 Å². The van der Waals surface area contributed by atoms with Crippen molar-refractivity contribution in [2.24, 2.45) is 0 Å². The number of anilines is 1. The van der Waals surface area contributed by atoms with E-state index in [1.165, 1.54) is 12.1 Å². The van der Waals surface area contributed by atoms with Crippen LogP contribution in [0.5, 0.6) is 0 Å². The van der Waals surface area contributed by atoms with Gasteiger partial charge in [0.2, 0.25) is 5.91 Å². The summed E-state index contributed by atoms with van der Waals surface area (Å²) < 4.78 is 13.0. The van der Waals surface area contributed by atoms with E-state index in [1.807, 2.05) is 0 Å². The predicted molar refractivity (Wildman–Crippen MR) is 86.5 cm³/mol. The predicted octanol–water partition coefficient (Wildman–Crippen LogP) is 3.10. The molecule has 0 bridgehead atoms. The summed E-state index contributed by atoms with van der Waals surface area (Å²) in [6.45, 7) is -0.0446. The van der Waals surface area contributed by atoms with Crippen LogP contribution in [0.15, 0.2) is 42.5 Å². The molecule has 2 aromatic rings. The third-order valence-corrected chi connectivity index (χ3v) is 3.96. The van der Waals surface area contributed by atoms with Crippen molar-refractivity contribution in [3.05, 3.63) is 64.4 Å². The first-order valence-electron chi connectivity index (χ1n) is 7.17. The molecule has 1 aliphatic heterocycles. The Morgan fingerprint density at radius 1 is 1.08 bits per heavy atom. The maximum absolute atomic E-state index is 13.0. The minimum atomic E-state index is -0.510. The summed E-state index contributed by atoms with van der Waals surface area (Å²) in [4.78, 5) is 37.4. The maximum Gasteiger partial charge on any atom is 0.261 e. The third-order valence-electron chi connectivity index (χ3n) is 3.65. The van der Waals surface area contributed by atoms with Gasteiger partial charge in [-0.25, -0.2) is 4.39 Å². The molecule has 3 rings (SSSR count). The van der Waals surface area contributed by atoms with Crippen LogP contribution in [-0.2, 0) is 4.79 Å². The normalized spacial score (nSPS) is 13.2. The van der Waals surface area contributed by atoms with E-state index >= 15 is 0 Å². The van der Waals surface area contributed by atoms with Gasteiger partial charge in [-0.2, -0.15) is 0 Å². The summed E-state index contributed by atoms with van der Waals surface area (Å²) in [5, 5.41) is 2.60. The minimum absolute atomic E-state index is 0.0446. The Morgan fingerprint density at radius 2 is 1.71 bits per heavy atom. The molecule has 0 spiro atoms. The Hall–Kier alpha value is -2.73. The number of nitrogens with one attached hydrogen (secondary N) is 1. The Bertz CT molecular complexity index is 818. The molecule has 1 aliphatic rings. The molecule has 2 aromatic carbocycles. The van der Waals surface area contributed by atoms with Gasteiger partial charge in [0.05, 0.1) is 21.8 Å². The summed E-state index contributed by atoms with van der Waals surface area (Å²) in [6, 6.07) is 10.1. The molecular weight excluding hydrogens is 335 g/mol. The molecule has 122 valence electrons. The lowest BCUT2D eigenvalue weighted by Gasteiger charge is -2.14. The number of halogens is 2. The molecule has 0 aliphatic carbocycles. The fraction of sp³-hybridized carbons (Fsp3) is 0.118. The number of benzene rings is 2. The lowest BCUT2D eigenvalue weighted by molar-refractivity contribution is -0.116. The quantitative estimate of drug-likeness (QED) is 0.865. The molecule has 5 nitrogen and oxygen atoms in total. The third kappa shape index (κ3) is 3.00. The van der Waals surface area contributed by atoms with E-state index < -0.39 is 23.5 Å². The largest absolute Gasteiger partial charge is 0.325 e. The molecule has 0 unspecified atom stereocenters. The smallest absolute Gasteiger partial charge is 0.261 e. The van der Waals surface area contributed by atoms with E-state index in [0.717, 1.165) is 11.0 Å². The Morgan fingerprint density at radius 3 is 2.29 bits per heavy atom. The standard InChI is InChI=1S/C17H12ClFN2O3/c18-13-9-10(19)5-6-14(13)20-15(22)7-8-21-16(23)11-3-1-2-4-12(11)17(21)24/h1-6,9H,7-8H2,(H,20,22). The first kappa shape index (κ1) is 16.1. The Labute approximate surface area is 142 Å². The minimum Gasteiger partial charge on any atom is -0.325 e. The summed E-state index contributed by atoms with van der Waals surface area (Å²) in [6.07, 6.45) is -0.0842. The summed E-state index contributed by atoms with van der Waals surface area (Å²) in [5.41, 5.74) is 0.944. The highest BCUT2D eigenvalue weighted by molar-refractivity contribution is 6.33. The van der Waals surface area contributed by atoms with E-state index in [1.54, 1.807) is 24.3 Å². The molecule has 0 saturated carbocycles. The number of hydrogen-bond donors (Lipinski definition) is 1. The van der Waals surface area contributed by atoms with E-state index in [0.29, 0.717) is 11.1 Å². The van der Waals surface area contributed by atoms with Crippen LogP contribution in [0.2, 0.25) is 5.02 Å². The zero-order chi connectivity index (χ0) is 17.3. The van der Waals surface area contributed by atoms with Crippen LogP contribution in [0.1, 0.15) is 27.1 Å². The number of carbonyl (C=O) groups excluding carboxylic acids is 3. The number of amides is 3. The van der Waals surface area contributed by atoms with E-state index in [9.17, 15) is 18.8 Å². The van der Waals surface area contributed by atoms with Crippen molar-refractivity contribution in [3.63, 3.8) is 0 Å². The average Bonchev–Trinajstić information content (AvgIpc) is 2.80. The van der Waals surface area contributed by atoms with Gasteiger partial charge in [0.25, 0.3) is 11.8 Å². The van der Waals surface area contributed by atoms with E-state index in [4.69, 9.17) is 11.6 Å². The second-order valence-corrected chi connectivity index (χ2v) is 5.64. The van der Waals surface area contributed by atoms with Crippen molar-refractivity contribution in [1.29, 1.82) is 0 Å². The number of hydrogen-bond acceptors (Lipinski definition) is 3. The topological polar surface area (TPSA) is 66.5 Å². The van der Waals surface area contributed by atoms with E-state index in [-0.39, 0.29) is 23.7 Å². The molecule has 1 N–H and O–H groups in total. The van der Waals surface area contributed by atoms with Crippen molar-refractivity contribution < 1.29 is 18.8 Å². The molecule has 0 saturated heterocycles. The number of fused-ring (bicyclic) bond motifs is 1. The van der Waals surface area contributed by atoms with Crippen molar-refractivity contribution in [3.8, 4) is 0 Å². The molecule has 0 atom stereocenters. The summed E-state index contributed by atoms with van der Waals surface area (Å²) in [7, 11) is 0. The van der Waals surface area contributed by atoms with Gasteiger partial charge in [-0.1, -0.05) is 23.7 Å². The monoisotopic (exact) mass is 346 g/mol. The number of nitrogens with zero attached hydrogens (tertiary/aromatic N) is 1. The van der Waals surface area contributed by atoms with Gasteiger partial charge in [0, 0.05) is 13.0 Å². The highest BCUT2D eigenvalue weighted by Crippen LogP contribution is 2.24. The fourth-order valence-electron chi connectivity index (χ4n) is 2.46. The van der Waals surface area contributed by atoms with Crippen molar-refractivity contribution in [2.75, 3.05) is 11.9 Å². The van der Waals surface area contributed by atoms with Crippen molar-refractivity contribution in [1.82, 2.24) is 4.90 Å². The highest BCUT2D eigenvalue weighted by atomic mass is 35.5. The van der Waals surface area contributed by atoms with Gasteiger partial charge in [0.15, 0.2) is 0 Å². The van der Waals surface area contributed by atoms with Crippen molar-refractivity contribution in [2.45, 2.75) is 6.42 Å². The summed E-state index contributed by atoms with van der Waals surface area (Å²) in [5.74, 6) is -1.77. The lowest BCUT2D eigenvalue weighted by Crippen LogP contribution is -2.32. The van der Waals surface area contributed by atoms with Crippen LogP contribution in [0.25, 0.3) is 0 Å². The summed E-state index contributed by atoms with van der Waals surface area (Å²) >= 11 is 5.83. The van der Waals surface area contributed by atoms with Gasteiger partial charge in [-0.05, 0) is 30.3 Å². The number of imide groups is 1. The zero-order valence-corrected chi connectivity index (χ0v) is 13.1. The average molecular weight is 347 g/mol. The second-order valence-electron chi connectivity index (χ2n) is 5.23. The van der Waals surface area contributed by atoms with Crippen LogP contribution in [0.4, 0.5) is 10.1 Å². The van der Waals surface area contributed by atoms with Gasteiger partial charge in [-0.3, -0.25) is 19.3 Å². The highest BCUT2D eigenvalue weighted by Gasteiger charge is 2.34. The zero-order valence-electron chi connectivity index (χ0n) is 12.4. The Balaban J connectivity index is 1.63. The van der Waals surface area contributed by atoms with Crippen molar-refractivity contribution >= 4 is 35.0 Å². The molecule has 1 heterocycles. The molecule has 24 heavy (non-hydrogen) atoms. The first-order valence-corrected chi connectivity index (χ1v) is 7.55. The van der Waals surface area contributed by atoms with Crippen LogP contribution in [0.3, 0.4) is 0 Å². The van der Waals surface area contributed by atoms with Crippen LogP contribution in [0, 0.1) is 5.82 Å². The molecule has 7 heteroatoms. The SMILES string of the molecule is O=C(CCN1C(=O)c2ccccc2C1=O)Nc1ccc(F)cc1Cl. The first-order chi connectivity index (χ1) is 11.5. The second kappa shape index (κ2) is 6.41. The van der Waals surface area contributed by atoms with E-state index in [2.05, 4.69) is 5.32 Å². The van der Waals surface area contributed by atoms with Gasteiger partial charge in [0.1, 0.15) is 5.82 Å². The number of carbonyl (C=O) groups is 3. The van der Waals surface area contributed by atoms with Crippen LogP contribution < -0.4 is 5.32 Å². The van der Waals surface area contributed by atoms with Crippen LogP contribution >= 0.6 is 11.6 Å².